The molecular weight excluding hydrogens is 429 g/mol. The van der Waals surface area contributed by atoms with Crippen molar-refractivity contribution in [2.45, 2.75) is 18.9 Å². The number of nitrogens with one attached hydrogen (secondary N) is 1. The van der Waals surface area contributed by atoms with Gasteiger partial charge < -0.3 is 29.7 Å². The van der Waals surface area contributed by atoms with Crippen LogP contribution in [0.5, 0.6) is 11.5 Å². The van der Waals surface area contributed by atoms with Crippen LogP contribution in [0.2, 0.25) is 0 Å². The molecule has 3 aromatic rings. The number of nitrogens with zero attached hydrogens (tertiary/aromatic N) is 2. The number of aromatic nitrogens is 1. The second-order valence-electron chi connectivity index (χ2n) is 8.57. The van der Waals surface area contributed by atoms with Gasteiger partial charge >= 0.3 is 5.97 Å². The molecule has 1 aromatic heterocycles. The van der Waals surface area contributed by atoms with E-state index in [1.165, 1.54) is 30.0 Å². The van der Waals surface area contributed by atoms with E-state index in [2.05, 4.69) is 5.32 Å². The highest BCUT2D eigenvalue weighted by Gasteiger charge is 2.37. The summed E-state index contributed by atoms with van der Waals surface area (Å²) >= 11 is 0. The number of anilines is 1. The maximum absolute atomic E-state index is 15.5. The number of methoxy groups -OCH3 is 1. The largest absolute Gasteiger partial charge is 0.508 e. The lowest BCUT2D eigenvalue weighted by Crippen LogP contribution is -2.40. The Morgan fingerprint density at radius 1 is 1.24 bits per heavy atom. The number of carboxylic acid groups (broad SMARTS) is 1. The molecule has 2 aromatic carbocycles. The molecule has 9 heteroatoms. The lowest BCUT2D eigenvalue weighted by atomic mass is 9.94. The minimum atomic E-state index is -1.41. The van der Waals surface area contributed by atoms with Crippen LogP contribution in [-0.2, 0) is 0 Å². The van der Waals surface area contributed by atoms with Gasteiger partial charge in [-0.1, -0.05) is 0 Å². The summed E-state index contributed by atoms with van der Waals surface area (Å²) in [5.41, 5.74) is -0.240. The molecule has 2 atom stereocenters. The van der Waals surface area contributed by atoms with Crippen LogP contribution in [0.1, 0.15) is 23.2 Å². The average molecular weight is 453 g/mol. The first-order chi connectivity index (χ1) is 15.9. The van der Waals surface area contributed by atoms with E-state index in [1.54, 1.807) is 12.1 Å². The predicted octanol–water partition coefficient (Wildman–Crippen LogP) is 2.73. The monoisotopic (exact) mass is 453 g/mol. The Kier molecular flexibility index (Phi) is 5.20. The van der Waals surface area contributed by atoms with Crippen molar-refractivity contribution in [1.82, 2.24) is 9.88 Å². The summed E-state index contributed by atoms with van der Waals surface area (Å²) in [6, 6.07) is 7.44. The number of rotatable bonds is 4. The Hall–Kier alpha value is -3.59. The molecule has 2 aliphatic heterocycles. The van der Waals surface area contributed by atoms with Gasteiger partial charge in [0.25, 0.3) is 0 Å². The number of pyridine rings is 1. The van der Waals surface area contributed by atoms with Crippen molar-refractivity contribution in [2.75, 3.05) is 31.6 Å². The summed E-state index contributed by atoms with van der Waals surface area (Å²) in [5.74, 6) is -1.44. The highest BCUT2D eigenvalue weighted by molar-refractivity contribution is 5.97. The van der Waals surface area contributed by atoms with Crippen LogP contribution in [0, 0.1) is 11.7 Å². The fraction of sp³-hybridized carbons (Fsp3) is 0.333. The third kappa shape index (κ3) is 3.48. The zero-order valence-corrected chi connectivity index (χ0v) is 18.0. The fourth-order valence-electron chi connectivity index (χ4n) is 5.10. The van der Waals surface area contributed by atoms with Gasteiger partial charge in [0.15, 0.2) is 11.6 Å². The zero-order chi connectivity index (χ0) is 23.3. The lowest BCUT2D eigenvalue weighted by molar-refractivity contribution is 0.0695. The highest BCUT2D eigenvalue weighted by Crippen LogP contribution is 2.42. The van der Waals surface area contributed by atoms with Crippen molar-refractivity contribution in [2.24, 2.45) is 5.92 Å². The van der Waals surface area contributed by atoms with Crippen LogP contribution in [0.25, 0.3) is 16.6 Å². The number of hydrogen-bond donors (Lipinski definition) is 3. The minimum Gasteiger partial charge on any atom is -0.508 e. The second-order valence-corrected chi connectivity index (χ2v) is 8.57. The Balaban J connectivity index is 1.79. The number of phenols is 1. The SMILES string of the molecule is COc1c(N2CC3CCCNC3C2)c(F)cc2c(=O)c(C(=O)O)cn(-c3ccc(O)cc3)c12. The smallest absolute Gasteiger partial charge is 0.341 e. The van der Waals surface area contributed by atoms with Gasteiger partial charge in [0, 0.05) is 31.0 Å². The van der Waals surface area contributed by atoms with Crippen LogP contribution in [-0.4, -0.2) is 53.5 Å². The molecule has 0 bridgehead atoms. The number of piperidine rings is 1. The normalized spacial score (nSPS) is 20.1. The molecule has 2 aliphatic rings. The Morgan fingerprint density at radius 3 is 2.67 bits per heavy atom. The van der Waals surface area contributed by atoms with Crippen molar-refractivity contribution in [3.05, 3.63) is 58.1 Å². The van der Waals surface area contributed by atoms with E-state index < -0.39 is 22.8 Å². The van der Waals surface area contributed by atoms with E-state index >= 15 is 4.39 Å². The number of ether oxygens (including phenoxy) is 1. The van der Waals surface area contributed by atoms with Gasteiger partial charge in [-0.2, -0.15) is 0 Å². The van der Waals surface area contributed by atoms with E-state index in [0.717, 1.165) is 25.5 Å². The Bertz CT molecular complexity index is 1290. The zero-order valence-electron chi connectivity index (χ0n) is 18.0. The second kappa shape index (κ2) is 8.08. The Morgan fingerprint density at radius 2 is 2.00 bits per heavy atom. The lowest BCUT2D eigenvalue weighted by Gasteiger charge is -2.25. The molecule has 0 radical (unpaired) electrons. The number of aromatic hydroxyl groups is 1. The fourth-order valence-corrected chi connectivity index (χ4v) is 5.10. The maximum atomic E-state index is 15.5. The van der Waals surface area contributed by atoms with Gasteiger partial charge in [-0.05, 0) is 55.6 Å². The molecule has 0 spiro atoms. The van der Waals surface area contributed by atoms with Crippen molar-refractivity contribution in [3.63, 3.8) is 0 Å². The van der Waals surface area contributed by atoms with Crippen LogP contribution in [0.4, 0.5) is 10.1 Å². The van der Waals surface area contributed by atoms with Gasteiger partial charge in [-0.15, -0.1) is 0 Å². The van der Waals surface area contributed by atoms with Crippen molar-refractivity contribution < 1.29 is 24.1 Å². The number of benzene rings is 2. The van der Waals surface area contributed by atoms with Gasteiger partial charge in [0.2, 0.25) is 5.43 Å². The van der Waals surface area contributed by atoms with E-state index in [0.29, 0.717) is 24.7 Å². The van der Waals surface area contributed by atoms with E-state index in [1.807, 2.05) is 4.90 Å². The summed E-state index contributed by atoms with van der Waals surface area (Å²) < 4.78 is 22.7. The van der Waals surface area contributed by atoms with Crippen LogP contribution in [0.15, 0.2) is 41.3 Å². The molecule has 2 fully saturated rings. The molecule has 0 saturated carbocycles. The van der Waals surface area contributed by atoms with Crippen molar-refractivity contribution >= 4 is 22.6 Å². The van der Waals surface area contributed by atoms with E-state index in [-0.39, 0.29) is 34.1 Å². The van der Waals surface area contributed by atoms with Crippen molar-refractivity contribution in [3.8, 4) is 17.2 Å². The standard InChI is InChI=1S/C24H24FN3O5/c1-33-23-20-16(9-18(25)21(23)27-10-13-3-2-8-26-19(13)12-27)22(30)17(24(31)32)11-28(20)14-4-6-15(29)7-5-14/h4-7,9,11,13,19,26,29H,2-3,8,10,12H2,1H3,(H,31,32). The van der Waals surface area contributed by atoms with Gasteiger partial charge in [0.05, 0.1) is 12.5 Å². The summed E-state index contributed by atoms with van der Waals surface area (Å²) in [5, 5.41) is 22.7. The third-order valence-electron chi connectivity index (χ3n) is 6.65. The molecule has 3 N–H and O–H groups in total. The van der Waals surface area contributed by atoms with Crippen LogP contribution >= 0.6 is 0 Å². The van der Waals surface area contributed by atoms with Gasteiger partial charge in [-0.3, -0.25) is 4.79 Å². The number of carbonyl (C=O) groups is 1. The summed E-state index contributed by atoms with van der Waals surface area (Å²) in [6.45, 7) is 2.21. The molecule has 3 heterocycles. The van der Waals surface area contributed by atoms with Crippen molar-refractivity contribution in [1.29, 1.82) is 0 Å². The molecule has 8 nitrogen and oxygen atoms in total. The van der Waals surface area contributed by atoms with Crippen LogP contribution in [0.3, 0.4) is 0 Å². The topological polar surface area (TPSA) is 104 Å². The number of halogens is 1. The van der Waals surface area contributed by atoms with E-state index in [9.17, 15) is 19.8 Å². The average Bonchev–Trinajstić information content (AvgIpc) is 3.23. The predicted molar refractivity (Wildman–Crippen MR) is 121 cm³/mol. The molecule has 2 saturated heterocycles. The molecule has 0 amide bonds. The number of carboxylic acids is 1. The van der Waals surface area contributed by atoms with Gasteiger partial charge in [-0.25, -0.2) is 9.18 Å². The quantitative estimate of drug-likeness (QED) is 0.558. The summed E-state index contributed by atoms with van der Waals surface area (Å²) in [6.07, 6.45) is 3.35. The number of hydrogen-bond acceptors (Lipinski definition) is 6. The summed E-state index contributed by atoms with van der Waals surface area (Å²) in [4.78, 5) is 26.7. The number of aromatic carboxylic acids is 1. The first-order valence-corrected chi connectivity index (χ1v) is 10.9. The molecule has 33 heavy (non-hydrogen) atoms. The highest BCUT2D eigenvalue weighted by atomic mass is 19.1. The van der Waals surface area contributed by atoms with Crippen LogP contribution < -0.4 is 20.4 Å². The molecule has 2 unspecified atom stereocenters. The summed E-state index contributed by atoms with van der Waals surface area (Å²) in [7, 11) is 1.41. The first-order valence-electron chi connectivity index (χ1n) is 10.9. The molecular formula is C24H24FN3O5. The number of fused-ring (bicyclic) bond motifs is 2. The minimum absolute atomic E-state index is 0.0356. The molecule has 5 rings (SSSR count). The maximum Gasteiger partial charge on any atom is 0.341 e. The number of phenolic OH excluding ortho intramolecular Hbond substituents is 1. The molecule has 172 valence electrons. The third-order valence-corrected chi connectivity index (χ3v) is 6.65. The van der Waals surface area contributed by atoms with Gasteiger partial charge in [0.1, 0.15) is 22.5 Å². The Labute approximate surface area is 188 Å². The van der Waals surface area contributed by atoms with E-state index in [4.69, 9.17) is 4.74 Å². The molecule has 0 aliphatic carbocycles. The first kappa shape index (κ1) is 21.3.